The van der Waals surface area contributed by atoms with Crippen molar-refractivity contribution >= 4 is 54.0 Å². The normalized spacial score (nSPS) is 11.1. The first-order chi connectivity index (χ1) is 12.9. The Morgan fingerprint density at radius 1 is 1.07 bits per heavy atom. The molecule has 1 heterocycles. The minimum absolute atomic E-state index is 0.128. The van der Waals surface area contributed by atoms with Crippen LogP contribution in [0.1, 0.15) is 12.1 Å². The molecule has 3 aromatic rings. The maximum absolute atomic E-state index is 12.3. The highest BCUT2D eigenvalue weighted by atomic mass is 79.9. The summed E-state index contributed by atoms with van der Waals surface area (Å²) in [5, 5.41) is 4.84. The van der Waals surface area contributed by atoms with E-state index in [2.05, 4.69) is 31.0 Å². The molecule has 2 N–H and O–H groups in total. The summed E-state index contributed by atoms with van der Waals surface area (Å²) in [6.45, 7) is 0. The maximum atomic E-state index is 12.3. The number of anilines is 2. The van der Waals surface area contributed by atoms with E-state index in [-0.39, 0.29) is 22.4 Å². The number of carbonyl (C=O) groups excluding carboxylic acids is 1. The van der Waals surface area contributed by atoms with Crippen LogP contribution in [0.3, 0.4) is 0 Å². The van der Waals surface area contributed by atoms with Crippen LogP contribution >= 0.6 is 27.3 Å². The Morgan fingerprint density at radius 3 is 2.48 bits per heavy atom. The Bertz CT molecular complexity index is 1020. The molecule has 0 bridgehead atoms. The summed E-state index contributed by atoms with van der Waals surface area (Å²) < 4.78 is 28.0. The minimum Gasteiger partial charge on any atom is -0.326 e. The second-order valence-electron chi connectivity index (χ2n) is 5.62. The molecule has 140 valence electrons. The van der Waals surface area contributed by atoms with Crippen molar-refractivity contribution in [2.24, 2.45) is 0 Å². The lowest BCUT2D eigenvalue weighted by molar-refractivity contribution is -0.116. The number of nitrogens with zero attached hydrogens (tertiary/aromatic N) is 1. The highest BCUT2D eigenvalue weighted by Gasteiger charge is 2.15. The van der Waals surface area contributed by atoms with Crippen LogP contribution in [0, 0.1) is 0 Å². The number of amides is 1. The van der Waals surface area contributed by atoms with Gasteiger partial charge in [0.05, 0.1) is 10.6 Å². The fraction of sp³-hybridized carbons (Fsp3) is 0.111. The van der Waals surface area contributed by atoms with Gasteiger partial charge in [-0.05, 0) is 42.8 Å². The van der Waals surface area contributed by atoms with Crippen LogP contribution in [0.25, 0.3) is 0 Å². The van der Waals surface area contributed by atoms with Gasteiger partial charge in [0.25, 0.3) is 10.0 Å². The molecule has 27 heavy (non-hydrogen) atoms. The van der Waals surface area contributed by atoms with Gasteiger partial charge in [-0.25, -0.2) is 13.4 Å². The highest BCUT2D eigenvalue weighted by Crippen LogP contribution is 2.21. The maximum Gasteiger partial charge on any atom is 0.263 e. The minimum atomic E-state index is -3.66. The van der Waals surface area contributed by atoms with Crippen LogP contribution < -0.4 is 10.0 Å². The Balaban J connectivity index is 1.55. The highest BCUT2D eigenvalue weighted by molar-refractivity contribution is 9.10. The molecule has 0 saturated heterocycles. The van der Waals surface area contributed by atoms with E-state index in [0.29, 0.717) is 12.1 Å². The van der Waals surface area contributed by atoms with Crippen LogP contribution in [0.15, 0.2) is 69.3 Å². The summed E-state index contributed by atoms with van der Waals surface area (Å²) in [6.07, 6.45) is 0.677. The van der Waals surface area contributed by atoms with E-state index in [0.717, 1.165) is 10.2 Å². The molecule has 6 nitrogen and oxygen atoms in total. The van der Waals surface area contributed by atoms with Gasteiger partial charge in [0.1, 0.15) is 0 Å². The Hall–Kier alpha value is -2.23. The van der Waals surface area contributed by atoms with Crippen molar-refractivity contribution in [2.75, 3.05) is 10.0 Å². The third kappa shape index (κ3) is 5.62. The third-order valence-corrected chi connectivity index (χ3v) is 6.38. The van der Waals surface area contributed by atoms with Gasteiger partial charge in [0, 0.05) is 22.0 Å². The molecule has 0 spiro atoms. The number of aromatic nitrogens is 1. The molecule has 0 aliphatic heterocycles. The summed E-state index contributed by atoms with van der Waals surface area (Å²) in [7, 11) is -3.66. The zero-order chi connectivity index (χ0) is 19.3. The number of aryl methyl sites for hydroxylation is 1. The predicted molar refractivity (Wildman–Crippen MR) is 110 cm³/mol. The third-order valence-electron chi connectivity index (χ3n) is 3.56. The Kier molecular flexibility index (Phi) is 6.25. The lowest BCUT2D eigenvalue weighted by Gasteiger charge is -2.05. The number of halogens is 1. The molecule has 0 fully saturated rings. The van der Waals surface area contributed by atoms with Gasteiger partial charge in [0.15, 0.2) is 5.13 Å². The number of nitrogens with one attached hydrogen (secondary N) is 2. The van der Waals surface area contributed by atoms with Gasteiger partial charge < -0.3 is 5.32 Å². The van der Waals surface area contributed by atoms with Gasteiger partial charge in [-0.3, -0.25) is 9.52 Å². The topological polar surface area (TPSA) is 88.2 Å². The van der Waals surface area contributed by atoms with Crippen molar-refractivity contribution < 1.29 is 13.2 Å². The van der Waals surface area contributed by atoms with Gasteiger partial charge in [0.2, 0.25) is 5.91 Å². The van der Waals surface area contributed by atoms with Gasteiger partial charge in [-0.2, -0.15) is 0 Å². The number of thiazole rings is 1. The van der Waals surface area contributed by atoms with Crippen molar-refractivity contribution in [3.05, 3.63) is 70.1 Å². The first kappa shape index (κ1) is 19.5. The molecule has 0 saturated carbocycles. The predicted octanol–water partition coefficient (Wildman–Crippen LogP) is 4.28. The summed E-state index contributed by atoms with van der Waals surface area (Å²) in [5.74, 6) is -0.128. The van der Waals surface area contributed by atoms with E-state index >= 15 is 0 Å². The van der Waals surface area contributed by atoms with Crippen LogP contribution in [-0.4, -0.2) is 19.3 Å². The number of sulfonamides is 1. The quantitative estimate of drug-likeness (QED) is 0.544. The average Bonchev–Trinajstić information content (AvgIpc) is 3.09. The van der Waals surface area contributed by atoms with E-state index in [1.807, 2.05) is 12.1 Å². The zero-order valence-corrected chi connectivity index (χ0v) is 17.3. The monoisotopic (exact) mass is 465 g/mol. The number of carbonyl (C=O) groups is 1. The Labute approximate surface area is 169 Å². The van der Waals surface area contributed by atoms with E-state index in [9.17, 15) is 13.2 Å². The van der Waals surface area contributed by atoms with Crippen LogP contribution in [0.4, 0.5) is 10.8 Å². The van der Waals surface area contributed by atoms with Gasteiger partial charge in [-0.1, -0.05) is 34.1 Å². The lowest BCUT2D eigenvalue weighted by atomic mass is 10.2. The molecule has 1 aromatic heterocycles. The fourth-order valence-corrected chi connectivity index (χ4v) is 4.52. The average molecular weight is 466 g/mol. The largest absolute Gasteiger partial charge is 0.326 e. The molecule has 0 aliphatic rings. The second kappa shape index (κ2) is 8.64. The summed E-state index contributed by atoms with van der Waals surface area (Å²) in [5.41, 5.74) is 1.38. The molecule has 3 rings (SSSR count). The zero-order valence-electron chi connectivity index (χ0n) is 14.1. The van der Waals surface area contributed by atoms with Crippen molar-refractivity contribution in [1.29, 1.82) is 0 Å². The van der Waals surface area contributed by atoms with Crippen LogP contribution in [0.5, 0.6) is 0 Å². The summed E-state index contributed by atoms with van der Waals surface area (Å²) in [6, 6.07) is 15.4. The molecule has 9 heteroatoms. The standard InChI is InChI=1S/C18H16BrN3O3S2/c19-13-6-8-14(9-7-13)20-17(23)11-10-15-12-26-18(21-15)22-27(24,25)16-4-2-1-3-5-16/h1-9,12H,10-11H2,(H,20,23)(H,21,22). The van der Waals surface area contributed by atoms with Crippen molar-refractivity contribution in [3.8, 4) is 0 Å². The van der Waals surface area contributed by atoms with Crippen LogP contribution in [0.2, 0.25) is 0 Å². The van der Waals surface area contributed by atoms with E-state index in [4.69, 9.17) is 0 Å². The smallest absolute Gasteiger partial charge is 0.263 e. The van der Waals surface area contributed by atoms with Gasteiger partial charge in [-0.15, -0.1) is 11.3 Å². The SMILES string of the molecule is O=C(CCc1csc(NS(=O)(=O)c2ccccc2)n1)Nc1ccc(Br)cc1. The van der Waals surface area contributed by atoms with Gasteiger partial charge >= 0.3 is 0 Å². The van der Waals surface area contributed by atoms with Crippen molar-refractivity contribution in [2.45, 2.75) is 17.7 Å². The molecule has 2 aromatic carbocycles. The first-order valence-corrected chi connectivity index (χ1v) is 11.2. The summed E-state index contributed by atoms with van der Waals surface area (Å²) in [4.78, 5) is 16.5. The second-order valence-corrected chi connectivity index (χ2v) is 9.07. The first-order valence-electron chi connectivity index (χ1n) is 8.00. The molecular weight excluding hydrogens is 450 g/mol. The van der Waals surface area contributed by atoms with E-state index in [1.165, 1.54) is 23.5 Å². The Morgan fingerprint density at radius 2 is 1.78 bits per heavy atom. The van der Waals surface area contributed by atoms with Crippen molar-refractivity contribution in [1.82, 2.24) is 4.98 Å². The van der Waals surface area contributed by atoms with Crippen molar-refractivity contribution in [3.63, 3.8) is 0 Å². The molecule has 0 aliphatic carbocycles. The molecule has 0 unspecified atom stereocenters. The number of hydrogen-bond acceptors (Lipinski definition) is 5. The fourth-order valence-electron chi connectivity index (χ4n) is 2.24. The summed E-state index contributed by atoms with van der Waals surface area (Å²) >= 11 is 4.53. The number of rotatable bonds is 7. The molecule has 0 radical (unpaired) electrons. The van der Waals surface area contributed by atoms with Crippen LogP contribution in [-0.2, 0) is 21.2 Å². The van der Waals surface area contributed by atoms with E-state index in [1.54, 1.807) is 35.7 Å². The molecular formula is C18H16BrN3O3S2. The lowest BCUT2D eigenvalue weighted by Crippen LogP contribution is -2.13. The van der Waals surface area contributed by atoms with E-state index < -0.39 is 10.0 Å². The molecule has 0 atom stereocenters. The number of hydrogen-bond donors (Lipinski definition) is 2. The number of benzene rings is 2. The molecule has 1 amide bonds.